The summed E-state index contributed by atoms with van der Waals surface area (Å²) in [6.07, 6.45) is 8.28. The summed E-state index contributed by atoms with van der Waals surface area (Å²) in [4.78, 5) is 20.5. The molecular weight excluding hydrogens is 382 g/mol. The second-order valence-corrected chi connectivity index (χ2v) is 10.4. The van der Waals surface area contributed by atoms with Gasteiger partial charge < -0.3 is 10.3 Å². The fourth-order valence-electron chi connectivity index (χ4n) is 3.14. The number of aromatic nitrogens is 2. The first-order valence-corrected chi connectivity index (χ1v) is 13.0. The number of imidazole rings is 1. The summed E-state index contributed by atoms with van der Waals surface area (Å²) in [5.74, 6) is 3.29. The van der Waals surface area contributed by atoms with Gasteiger partial charge in [0.1, 0.15) is 5.82 Å². The molecule has 2 N–H and O–H groups in total. The summed E-state index contributed by atoms with van der Waals surface area (Å²) in [7, 11) is 4.01. The number of amides is 1. The van der Waals surface area contributed by atoms with Gasteiger partial charge in [0, 0.05) is 17.4 Å². The van der Waals surface area contributed by atoms with Crippen LogP contribution in [0, 0.1) is 0 Å². The maximum absolute atomic E-state index is 12.4. The highest BCUT2D eigenvalue weighted by molar-refractivity contribution is 8.77. The van der Waals surface area contributed by atoms with Gasteiger partial charge in [-0.25, -0.2) is 4.98 Å². The van der Waals surface area contributed by atoms with Gasteiger partial charge in [-0.15, -0.1) is 0 Å². The van der Waals surface area contributed by atoms with Crippen molar-refractivity contribution in [3.05, 3.63) is 30.1 Å². The van der Waals surface area contributed by atoms with Gasteiger partial charge in [-0.3, -0.25) is 4.79 Å². The van der Waals surface area contributed by atoms with Crippen molar-refractivity contribution in [3.8, 4) is 0 Å². The smallest absolute Gasteiger partial charge is 0.220 e. The Balaban J connectivity index is 1.50. The van der Waals surface area contributed by atoms with Crippen LogP contribution in [-0.4, -0.2) is 38.9 Å². The monoisotopic (exact) mass is 409 g/mol. The third-order valence-corrected chi connectivity index (χ3v) is 8.24. The van der Waals surface area contributed by atoms with Crippen molar-refractivity contribution in [2.45, 2.75) is 49.8 Å². The van der Waals surface area contributed by atoms with Crippen molar-refractivity contribution < 1.29 is 4.79 Å². The van der Waals surface area contributed by atoms with Crippen molar-refractivity contribution in [3.63, 3.8) is 0 Å². The summed E-state index contributed by atoms with van der Waals surface area (Å²) in [6, 6.07) is 7.98. The molecule has 1 aromatic heterocycles. The number of aromatic amines is 1. The summed E-state index contributed by atoms with van der Waals surface area (Å²) in [6.45, 7) is 0. The van der Waals surface area contributed by atoms with Gasteiger partial charge >= 0.3 is 0 Å². The molecule has 1 saturated heterocycles. The number of thioether (sulfide) groups is 1. The molecule has 142 valence electrons. The van der Waals surface area contributed by atoms with Crippen LogP contribution in [0.5, 0.6) is 0 Å². The van der Waals surface area contributed by atoms with Gasteiger partial charge in [-0.1, -0.05) is 40.1 Å². The molecule has 1 aliphatic heterocycles. The van der Waals surface area contributed by atoms with Crippen molar-refractivity contribution in [1.82, 2.24) is 15.3 Å². The Labute approximate surface area is 167 Å². The summed E-state index contributed by atoms with van der Waals surface area (Å²) in [5.41, 5.74) is 1.98. The minimum Gasteiger partial charge on any atom is -0.346 e. The van der Waals surface area contributed by atoms with E-state index in [1.54, 1.807) is 11.8 Å². The second kappa shape index (κ2) is 10.5. The van der Waals surface area contributed by atoms with Crippen molar-refractivity contribution in [2.24, 2.45) is 0 Å². The minimum absolute atomic E-state index is 0.0378. The van der Waals surface area contributed by atoms with Gasteiger partial charge in [0.2, 0.25) is 5.91 Å². The predicted octanol–water partition coefficient (Wildman–Crippen LogP) is 5.19. The van der Waals surface area contributed by atoms with Crippen LogP contribution in [0.1, 0.15) is 50.4 Å². The number of H-pyrrole nitrogens is 1. The first-order chi connectivity index (χ1) is 12.8. The molecule has 0 bridgehead atoms. The Morgan fingerprint density at radius 1 is 1.42 bits per heavy atom. The molecule has 2 aromatic rings. The van der Waals surface area contributed by atoms with Crippen LogP contribution in [0.25, 0.3) is 11.0 Å². The van der Waals surface area contributed by atoms with Crippen LogP contribution >= 0.6 is 33.3 Å². The van der Waals surface area contributed by atoms with Gasteiger partial charge in [0.05, 0.1) is 17.1 Å². The molecule has 1 amide bonds. The Bertz CT molecular complexity index is 667. The Hall–Kier alpha value is -0.790. The Kier molecular flexibility index (Phi) is 8.08. The SMILES string of the molecule is CSCC[C@H](NC(=O)CCCC[C@H]1CCSS1)c1nc2ccccc2[nH]1. The minimum atomic E-state index is -0.0378. The van der Waals surface area contributed by atoms with Crippen LogP contribution in [0.4, 0.5) is 0 Å². The maximum atomic E-state index is 12.4. The molecule has 0 unspecified atom stereocenters. The zero-order valence-corrected chi connectivity index (χ0v) is 17.7. The number of hydrogen-bond acceptors (Lipinski definition) is 5. The molecule has 1 fully saturated rings. The zero-order chi connectivity index (χ0) is 18.2. The van der Waals surface area contributed by atoms with E-state index >= 15 is 0 Å². The third-order valence-electron chi connectivity index (χ3n) is 4.59. The number of rotatable bonds is 10. The van der Waals surface area contributed by atoms with E-state index < -0.39 is 0 Å². The molecule has 2 heterocycles. The highest BCUT2D eigenvalue weighted by atomic mass is 33.1. The topological polar surface area (TPSA) is 57.8 Å². The van der Waals surface area contributed by atoms with Crippen LogP contribution in [0.2, 0.25) is 0 Å². The normalized spacial score (nSPS) is 18.3. The number of nitrogens with zero attached hydrogens (tertiary/aromatic N) is 1. The lowest BCUT2D eigenvalue weighted by Crippen LogP contribution is -2.29. The molecule has 0 spiro atoms. The number of hydrogen-bond donors (Lipinski definition) is 2. The number of benzene rings is 1. The van der Waals surface area contributed by atoms with E-state index in [0.717, 1.165) is 47.1 Å². The largest absolute Gasteiger partial charge is 0.346 e. The molecule has 2 atom stereocenters. The second-order valence-electron chi connectivity index (χ2n) is 6.62. The number of nitrogens with one attached hydrogen (secondary N) is 2. The molecular formula is C19H27N3OS3. The lowest BCUT2D eigenvalue weighted by Gasteiger charge is -2.16. The van der Waals surface area contributed by atoms with Gasteiger partial charge in [0.15, 0.2) is 0 Å². The molecule has 3 rings (SSSR count). The molecule has 7 heteroatoms. The molecule has 1 aromatic carbocycles. The zero-order valence-electron chi connectivity index (χ0n) is 15.2. The first-order valence-electron chi connectivity index (χ1n) is 9.27. The lowest BCUT2D eigenvalue weighted by molar-refractivity contribution is -0.122. The molecule has 1 aliphatic rings. The molecule has 0 radical (unpaired) electrons. The fraction of sp³-hybridized carbons (Fsp3) is 0.579. The Morgan fingerprint density at radius 2 is 2.31 bits per heavy atom. The number of carbonyl (C=O) groups excluding carboxylic acids is 1. The van der Waals surface area contributed by atoms with E-state index in [4.69, 9.17) is 0 Å². The predicted molar refractivity (Wildman–Crippen MR) is 117 cm³/mol. The maximum Gasteiger partial charge on any atom is 0.220 e. The average Bonchev–Trinajstić information content (AvgIpc) is 3.31. The molecule has 0 saturated carbocycles. The first kappa shape index (κ1) is 20.0. The third kappa shape index (κ3) is 5.86. The Morgan fingerprint density at radius 3 is 3.08 bits per heavy atom. The van der Waals surface area contributed by atoms with E-state index in [0.29, 0.717) is 6.42 Å². The standard InChI is InChI=1S/C19H27N3OS3/c1-24-12-11-17(19-21-15-7-3-4-8-16(15)22-19)20-18(23)9-5-2-6-14-10-13-25-26-14/h3-4,7-8,14,17H,2,5-6,9-13H2,1H3,(H,20,23)(H,21,22)/t14-,17-/m0/s1. The molecule has 26 heavy (non-hydrogen) atoms. The van der Waals surface area contributed by atoms with Crippen LogP contribution in [0.15, 0.2) is 24.3 Å². The number of para-hydroxylation sites is 2. The summed E-state index contributed by atoms with van der Waals surface area (Å²) < 4.78 is 0. The number of carbonyl (C=O) groups is 1. The summed E-state index contributed by atoms with van der Waals surface area (Å²) in [5, 5.41) is 4.00. The van der Waals surface area contributed by atoms with Gasteiger partial charge in [0.25, 0.3) is 0 Å². The highest BCUT2D eigenvalue weighted by Crippen LogP contribution is 2.39. The quantitative estimate of drug-likeness (QED) is 0.418. The van der Waals surface area contributed by atoms with Crippen molar-refractivity contribution in [2.75, 3.05) is 17.8 Å². The lowest BCUT2D eigenvalue weighted by atomic mass is 10.1. The van der Waals surface area contributed by atoms with Crippen LogP contribution in [-0.2, 0) is 4.79 Å². The van der Waals surface area contributed by atoms with E-state index in [9.17, 15) is 4.79 Å². The van der Waals surface area contributed by atoms with Crippen LogP contribution in [0.3, 0.4) is 0 Å². The van der Waals surface area contributed by atoms with E-state index in [2.05, 4.69) is 21.5 Å². The highest BCUT2D eigenvalue weighted by Gasteiger charge is 2.19. The fourth-order valence-corrected chi connectivity index (χ4v) is 6.64. The number of unbranched alkanes of at least 4 members (excludes halogenated alkanes) is 1. The van der Waals surface area contributed by atoms with E-state index in [1.165, 1.54) is 18.6 Å². The molecule has 0 aliphatic carbocycles. The van der Waals surface area contributed by atoms with Gasteiger partial charge in [-0.2, -0.15) is 11.8 Å². The van der Waals surface area contributed by atoms with Crippen molar-refractivity contribution >= 4 is 50.3 Å². The van der Waals surface area contributed by atoms with E-state index in [1.807, 2.05) is 45.9 Å². The number of fused-ring (bicyclic) bond motifs is 1. The summed E-state index contributed by atoms with van der Waals surface area (Å²) >= 11 is 1.80. The van der Waals surface area contributed by atoms with Crippen LogP contribution < -0.4 is 5.32 Å². The molecule has 4 nitrogen and oxygen atoms in total. The van der Waals surface area contributed by atoms with E-state index in [-0.39, 0.29) is 11.9 Å². The average molecular weight is 410 g/mol. The van der Waals surface area contributed by atoms with Crippen molar-refractivity contribution in [1.29, 1.82) is 0 Å². The van der Waals surface area contributed by atoms with Gasteiger partial charge in [-0.05, 0) is 49.8 Å².